The Morgan fingerprint density at radius 2 is 1.79 bits per heavy atom. The lowest BCUT2D eigenvalue weighted by molar-refractivity contribution is 0.212. The third-order valence-corrected chi connectivity index (χ3v) is 5.22. The molecule has 3 unspecified atom stereocenters. The van der Waals surface area contributed by atoms with Crippen molar-refractivity contribution in [2.45, 2.75) is 78.3 Å². The molecular weight excluding hydrogens is 252 g/mol. The maximum absolute atomic E-state index is 5.12. The van der Waals surface area contributed by atoms with Gasteiger partial charge in [-0.1, -0.05) is 51.8 Å². The molecule has 1 saturated carbocycles. The molecule has 0 heterocycles. The molecule has 0 aliphatic heterocycles. The van der Waals surface area contributed by atoms with E-state index < -0.39 is 0 Å². The summed E-state index contributed by atoms with van der Waals surface area (Å²) in [4.78, 5) is 5.12. The first-order chi connectivity index (χ1) is 9.15. The zero-order valence-electron chi connectivity index (χ0n) is 13.4. The van der Waals surface area contributed by atoms with Gasteiger partial charge in [0.25, 0.3) is 0 Å². The summed E-state index contributed by atoms with van der Waals surface area (Å²) in [5.41, 5.74) is 0. The van der Waals surface area contributed by atoms with Crippen molar-refractivity contribution < 1.29 is 0 Å². The Labute approximate surface area is 124 Å². The summed E-state index contributed by atoms with van der Waals surface area (Å²) in [6.45, 7) is 9.11. The van der Waals surface area contributed by atoms with Crippen LogP contribution >= 0.6 is 11.8 Å². The molecule has 0 aromatic rings. The number of amidine groups is 1. The highest BCUT2D eigenvalue weighted by Gasteiger charge is 2.31. The summed E-state index contributed by atoms with van der Waals surface area (Å²) in [6.07, 6.45) is 9.97. The monoisotopic (exact) mass is 284 g/mol. The van der Waals surface area contributed by atoms with Gasteiger partial charge in [-0.3, -0.25) is 4.99 Å². The molecule has 112 valence electrons. The fraction of sp³-hybridized carbons (Fsp3) is 0.938. The number of aliphatic imine (C=N–C) groups is 1. The largest absolute Gasteiger partial charge is 0.362 e. The van der Waals surface area contributed by atoms with Gasteiger partial charge >= 0.3 is 0 Å². The van der Waals surface area contributed by atoms with Gasteiger partial charge in [0.05, 0.1) is 6.04 Å². The van der Waals surface area contributed by atoms with Crippen LogP contribution in [0.15, 0.2) is 4.99 Å². The predicted molar refractivity (Wildman–Crippen MR) is 89.0 cm³/mol. The molecule has 0 bridgehead atoms. The lowest BCUT2D eigenvalue weighted by Gasteiger charge is -2.35. The van der Waals surface area contributed by atoms with Crippen molar-refractivity contribution in [3.05, 3.63) is 0 Å². The van der Waals surface area contributed by atoms with E-state index in [1.54, 1.807) is 11.8 Å². The van der Waals surface area contributed by atoms with Gasteiger partial charge < -0.3 is 5.32 Å². The van der Waals surface area contributed by atoms with Crippen LogP contribution in [-0.4, -0.2) is 23.5 Å². The number of nitrogens with one attached hydrogen (secondary N) is 1. The van der Waals surface area contributed by atoms with Crippen LogP contribution in [0.25, 0.3) is 0 Å². The summed E-state index contributed by atoms with van der Waals surface area (Å²) in [5, 5.41) is 4.72. The number of nitrogens with zero attached hydrogens (tertiary/aromatic N) is 1. The minimum absolute atomic E-state index is 0.523. The van der Waals surface area contributed by atoms with Crippen LogP contribution in [0, 0.1) is 11.8 Å². The number of hydrogen-bond donors (Lipinski definition) is 1. The van der Waals surface area contributed by atoms with E-state index in [0.717, 1.165) is 23.4 Å². The highest BCUT2D eigenvalue weighted by atomic mass is 32.2. The maximum Gasteiger partial charge on any atom is 0.156 e. The van der Waals surface area contributed by atoms with Gasteiger partial charge in [0, 0.05) is 6.04 Å². The van der Waals surface area contributed by atoms with Gasteiger partial charge in [0.1, 0.15) is 0 Å². The summed E-state index contributed by atoms with van der Waals surface area (Å²) in [5.74, 6) is 1.58. The van der Waals surface area contributed by atoms with Gasteiger partial charge in [0.2, 0.25) is 0 Å². The molecule has 1 aliphatic carbocycles. The molecule has 3 atom stereocenters. The van der Waals surface area contributed by atoms with Crippen molar-refractivity contribution in [1.29, 1.82) is 0 Å². The van der Waals surface area contributed by atoms with Gasteiger partial charge in [-0.15, -0.1) is 0 Å². The molecule has 0 radical (unpaired) electrons. The third kappa shape index (κ3) is 5.02. The van der Waals surface area contributed by atoms with Crippen molar-refractivity contribution in [1.82, 2.24) is 5.32 Å². The predicted octanol–water partition coefficient (Wildman–Crippen LogP) is 4.70. The topological polar surface area (TPSA) is 24.4 Å². The average Bonchev–Trinajstić information content (AvgIpc) is 2.46. The van der Waals surface area contributed by atoms with Crippen LogP contribution < -0.4 is 5.32 Å². The summed E-state index contributed by atoms with van der Waals surface area (Å²) < 4.78 is 0. The second-order valence-electron chi connectivity index (χ2n) is 5.85. The highest BCUT2D eigenvalue weighted by Crippen LogP contribution is 2.35. The van der Waals surface area contributed by atoms with Crippen molar-refractivity contribution in [3.8, 4) is 0 Å². The smallest absolute Gasteiger partial charge is 0.156 e. The van der Waals surface area contributed by atoms with E-state index in [-0.39, 0.29) is 0 Å². The molecule has 3 heteroatoms. The van der Waals surface area contributed by atoms with Crippen LogP contribution in [0.5, 0.6) is 0 Å². The number of rotatable bonds is 5. The zero-order chi connectivity index (χ0) is 14.3. The first-order valence-corrected chi connectivity index (χ1v) is 9.26. The van der Waals surface area contributed by atoms with Gasteiger partial charge in [-0.05, 0) is 44.3 Å². The fourth-order valence-corrected chi connectivity index (χ4v) is 3.61. The molecule has 1 aliphatic rings. The molecular formula is C16H32N2S. The lowest BCUT2D eigenvalue weighted by atomic mass is 9.75. The zero-order valence-corrected chi connectivity index (χ0v) is 14.2. The van der Waals surface area contributed by atoms with Crippen LogP contribution in [-0.2, 0) is 0 Å². The van der Waals surface area contributed by atoms with E-state index in [1.807, 2.05) is 0 Å². The van der Waals surface area contributed by atoms with Crippen LogP contribution in [0.1, 0.15) is 66.2 Å². The minimum atomic E-state index is 0.523. The lowest BCUT2D eigenvalue weighted by Crippen LogP contribution is -2.36. The molecule has 0 aromatic heterocycles. The second-order valence-corrected chi connectivity index (χ2v) is 6.65. The van der Waals surface area contributed by atoms with E-state index >= 15 is 0 Å². The fourth-order valence-electron chi connectivity index (χ4n) is 3.07. The van der Waals surface area contributed by atoms with Gasteiger partial charge in [-0.25, -0.2) is 0 Å². The van der Waals surface area contributed by atoms with E-state index in [0.29, 0.717) is 12.1 Å². The molecule has 0 saturated heterocycles. The van der Waals surface area contributed by atoms with Gasteiger partial charge in [-0.2, -0.15) is 0 Å². The molecule has 19 heavy (non-hydrogen) atoms. The van der Waals surface area contributed by atoms with E-state index in [1.165, 1.54) is 32.1 Å². The van der Waals surface area contributed by atoms with Crippen molar-refractivity contribution >= 4 is 16.9 Å². The van der Waals surface area contributed by atoms with Crippen LogP contribution in [0.3, 0.4) is 0 Å². The normalized spacial score (nSPS) is 30.2. The van der Waals surface area contributed by atoms with E-state index in [4.69, 9.17) is 4.99 Å². The molecule has 0 spiro atoms. The molecule has 2 nitrogen and oxygen atoms in total. The Hall–Kier alpha value is -0.180. The standard InChI is InChI=1S/C16H32N2S/c1-6-12(4)17-16(19-5)18-15-13(7-2)10-9-11-14(15)8-3/h12-15H,6-11H2,1-5H3,(H,17,18). The average molecular weight is 285 g/mol. The van der Waals surface area contributed by atoms with E-state index in [9.17, 15) is 0 Å². The Kier molecular flexibility index (Phi) is 7.89. The molecule has 1 fully saturated rings. The summed E-state index contributed by atoms with van der Waals surface area (Å²) in [7, 11) is 0. The highest BCUT2D eigenvalue weighted by molar-refractivity contribution is 8.13. The maximum atomic E-state index is 5.12. The first kappa shape index (κ1) is 16.9. The summed E-state index contributed by atoms with van der Waals surface area (Å²) >= 11 is 1.77. The SMILES string of the molecule is CCC(C)NC(=NC1C(CC)CCCC1CC)SC. The van der Waals surface area contributed by atoms with Crippen molar-refractivity contribution in [3.63, 3.8) is 0 Å². The minimum Gasteiger partial charge on any atom is -0.362 e. The Morgan fingerprint density at radius 1 is 1.21 bits per heavy atom. The molecule has 0 aromatic carbocycles. The molecule has 1 N–H and O–H groups in total. The third-order valence-electron chi connectivity index (χ3n) is 4.61. The number of hydrogen-bond acceptors (Lipinski definition) is 2. The summed E-state index contributed by atoms with van der Waals surface area (Å²) in [6, 6.07) is 1.07. The molecule has 1 rings (SSSR count). The van der Waals surface area contributed by atoms with Crippen molar-refractivity contribution in [2.75, 3.05) is 6.26 Å². The van der Waals surface area contributed by atoms with Crippen LogP contribution in [0.4, 0.5) is 0 Å². The first-order valence-electron chi connectivity index (χ1n) is 8.04. The Bertz CT molecular complexity index is 266. The molecule has 0 amide bonds. The van der Waals surface area contributed by atoms with Crippen molar-refractivity contribution in [2.24, 2.45) is 16.8 Å². The van der Waals surface area contributed by atoms with E-state index in [2.05, 4.69) is 39.3 Å². The number of thioether (sulfide) groups is 1. The van der Waals surface area contributed by atoms with Gasteiger partial charge in [0.15, 0.2) is 5.17 Å². The quantitative estimate of drug-likeness (QED) is 0.584. The Balaban J connectivity index is 2.80. The Morgan fingerprint density at radius 3 is 2.21 bits per heavy atom. The van der Waals surface area contributed by atoms with Crippen LogP contribution in [0.2, 0.25) is 0 Å². The second kappa shape index (κ2) is 8.89.